The van der Waals surface area contributed by atoms with E-state index in [4.69, 9.17) is 0 Å². The van der Waals surface area contributed by atoms with Gasteiger partial charge in [-0.2, -0.15) is 0 Å². The highest BCUT2D eigenvalue weighted by molar-refractivity contribution is 4.93. The number of nitrogens with one attached hydrogen (secondary N) is 2. The fourth-order valence-electron chi connectivity index (χ4n) is 2.30. The van der Waals surface area contributed by atoms with Crippen molar-refractivity contribution in [3.8, 4) is 0 Å². The van der Waals surface area contributed by atoms with Crippen LogP contribution in [0.3, 0.4) is 0 Å². The van der Waals surface area contributed by atoms with E-state index in [1.54, 1.807) is 0 Å². The highest BCUT2D eigenvalue weighted by Gasteiger charge is 2.37. The fraction of sp³-hybridized carbons (Fsp3) is 1.00. The van der Waals surface area contributed by atoms with Crippen LogP contribution in [0.25, 0.3) is 0 Å². The van der Waals surface area contributed by atoms with Crippen LogP contribution < -0.4 is 10.6 Å². The van der Waals surface area contributed by atoms with Gasteiger partial charge in [0.1, 0.15) is 0 Å². The second-order valence-electron chi connectivity index (χ2n) is 5.86. The Balaban J connectivity index is 1.67. The third-order valence-corrected chi connectivity index (χ3v) is 3.88. The van der Waals surface area contributed by atoms with Crippen LogP contribution >= 0.6 is 0 Å². The van der Waals surface area contributed by atoms with Crippen molar-refractivity contribution in [1.82, 2.24) is 10.6 Å². The van der Waals surface area contributed by atoms with Crippen LogP contribution in [0.15, 0.2) is 0 Å². The van der Waals surface area contributed by atoms with Crippen LogP contribution in [0.2, 0.25) is 0 Å². The van der Waals surface area contributed by atoms with Crippen LogP contribution in [-0.4, -0.2) is 25.2 Å². The molecule has 0 aromatic heterocycles. The van der Waals surface area contributed by atoms with Gasteiger partial charge < -0.3 is 10.6 Å². The van der Waals surface area contributed by atoms with Gasteiger partial charge in [-0.3, -0.25) is 0 Å². The van der Waals surface area contributed by atoms with E-state index in [1.807, 2.05) is 0 Å². The molecule has 1 saturated carbocycles. The highest BCUT2D eigenvalue weighted by Crippen LogP contribution is 2.44. The molecule has 1 aliphatic heterocycles. The Hall–Kier alpha value is -0.0800. The molecule has 1 atom stereocenters. The van der Waals surface area contributed by atoms with Crippen LogP contribution in [-0.2, 0) is 0 Å². The molecular weight excluding hydrogens is 172 g/mol. The second-order valence-corrected chi connectivity index (χ2v) is 5.86. The van der Waals surface area contributed by atoms with E-state index in [1.165, 1.54) is 45.2 Å². The van der Waals surface area contributed by atoms with Crippen molar-refractivity contribution >= 4 is 0 Å². The van der Waals surface area contributed by atoms with Gasteiger partial charge in [-0.15, -0.1) is 0 Å². The van der Waals surface area contributed by atoms with E-state index in [9.17, 15) is 0 Å². The Morgan fingerprint density at radius 2 is 1.86 bits per heavy atom. The molecule has 2 heteroatoms. The molecule has 0 aromatic carbocycles. The monoisotopic (exact) mass is 196 g/mol. The first-order chi connectivity index (χ1) is 6.62. The Kier molecular flexibility index (Phi) is 2.85. The van der Waals surface area contributed by atoms with Gasteiger partial charge in [-0.1, -0.05) is 13.3 Å². The van der Waals surface area contributed by atoms with Crippen molar-refractivity contribution < 1.29 is 0 Å². The predicted molar refractivity (Wildman–Crippen MR) is 60.5 cm³/mol. The second kappa shape index (κ2) is 3.82. The molecule has 2 N–H and O–H groups in total. The summed E-state index contributed by atoms with van der Waals surface area (Å²) in [5, 5.41) is 7.28. The average molecular weight is 196 g/mol. The normalized spacial score (nSPS) is 35.6. The smallest absolute Gasteiger partial charge is 0.0277 e. The summed E-state index contributed by atoms with van der Waals surface area (Å²) in [7, 11) is 0. The third kappa shape index (κ3) is 2.71. The zero-order chi connectivity index (χ0) is 10.1. The number of piperidine rings is 1. The van der Waals surface area contributed by atoms with Crippen LogP contribution in [0.4, 0.5) is 0 Å². The summed E-state index contributed by atoms with van der Waals surface area (Å²) in [4.78, 5) is 0. The third-order valence-electron chi connectivity index (χ3n) is 3.88. The minimum absolute atomic E-state index is 0.365. The van der Waals surface area contributed by atoms with E-state index in [-0.39, 0.29) is 0 Å². The molecule has 0 aromatic rings. The lowest BCUT2D eigenvalue weighted by Crippen LogP contribution is -2.53. The summed E-state index contributed by atoms with van der Waals surface area (Å²) in [6.07, 6.45) is 6.92. The topological polar surface area (TPSA) is 24.1 Å². The van der Waals surface area contributed by atoms with Gasteiger partial charge in [0.15, 0.2) is 0 Å². The quantitative estimate of drug-likeness (QED) is 0.717. The van der Waals surface area contributed by atoms with Gasteiger partial charge in [0.2, 0.25) is 0 Å². The average Bonchev–Trinajstić information content (AvgIpc) is 2.85. The standard InChI is InChI=1S/C12H24N2/c1-11(6-7-11)9-13-10-12(2)5-3-4-8-14-12/h13-14H,3-10H2,1-2H3. The summed E-state index contributed by atoms with van der Waals surface area (Å²) >= 11 is 0. The van der Waals surface area contributed by atoms with Crippen molar-refractivity contribution in [3.05, 3.63) is 0 Å². The van der Waals surface area contributed by atoms with E-state index in [0.29, 0.717) is 11.0 Å². The molecule has 0 radical (unpaired) electrons. The molecule has 0 spiro atoms. The molecule has 2 rings (SSSR count). The lowest BCUT2D eigenvalue weighted by Gasteiger charge is -2.35. The summed E-state index contributed by atoms with van der Waals surface area (Å²) in [6, 6.07) is 0. The summed E-state index contributed by atoms with van der Waals surface area (Å²) in [6.45, 7) is 8.30. The lowest BCUT2D eigenvalue weighted by atomic mass is 9.91. The van der Waals surface area contributed by atoms with Crippen LogP contribution in [0.1, 0.15) is 46.0 Å². The first kappa shape index (κ1) is 10.4. The van der Waals surface area contributed by atoms with E-state index < -0.39 is 0 Å². The van der Waals surface area contributed by atoms with Crippen molar-refractivity contribution in [2.24, 2.45) is 5.41 Å². The van der Waals surface area contributed by atoms with Crippen molar-refractivity contribution in [3.63, 3.8) is 0 Å². The van der Waals surface area contributed by atoms with Crippen molar-refractivity contribution in [1.29, 1.82) is 0 Å². The minimum atomic E-state index is 0.365. The largest absolute Gasteiger partial charge is 0.314 e. The maximum absolute atomic E-state index is 3.64. The van der Waals surface area contributed by atoms with Gasteiger partial charge in [0, 0.05) is 18.6 Å². The molecule has 0 bridgehead atoms. The Morgan fingerprint density at radius 3 is 2.43 bits per heavy atom. The molecule has 14 heavy (non-hydrogen) atoms. The molecule has 2 aliphatic rings. The van der Waals surface area contributed by atoms with Gasteiger partial charge in [0.25, 0.3) is 0 Å². The van der Waals surface area contributed by atoms with E-state index in [0.717, 1.165) is 6.54 Å². The zero-order valence-electron chi connectivity index (χ0n) is 9.66. The number of hydrogen-bond acceptors (Lipinski definition) is 2. The maximum Gasteiger partial charge on any atom is 0.0277 e. The van der Waals surface area contributed by atoms with Crippen LogP contribution in [0.5, 0.6) is 0 Å². The SMILES string of the molecule is CC1(CNCC2(C)CCCCN2)CC1. The molecular formula is C12H24N2. The first-order valence-corrected chi connectivity index (χ1v) is 6.08. The maximum atomic E-state index is 3.64. The van der Waals surface area contributed by atoms with Crippen LogP contribution in [0, 0.1) is 5.41 Å². The minimum Gasteiger partial charge on any atom is -0.314 e. The summed E-state index contributed by atoms with van der Waals surface area (Å²) in [5.41, 5.74) is 1.01. The number of hydrogen-bond donors (Lipinski definition) is 2. The van der Waals surface area contributed by atoms with Gasteiger partial charge in [-0.25, -0.2) is 0 Å². The molecule has 1 heterocycles. The predicted octanol–water partition coefficient (Wildman–Crippen LogP) is 1.91. The van der Waals surface area contributed by atoms with Crippen molar-refractivity contribution in [2.45, 2.75) is 51.5 Å². The summed E-state index contributed by atoms with van der Waals surface area (Å²) in [5.74, 6) is 0. The molecule has 1 unspecified atom stereocenters. The summed E-state index contributed by atoms with van der Waals surface area (Å²) < 4.78 is 0. The first-order valence-electron chi connectivity index (χ1n) is 6.08. The molecule has 1 aliphatic carbocycles. The van der Waals surface area contributed by atoms with Crippen molar-refractivity contribution in [2.75, 3.05) is 19.6 Å². The van der Waals surface area contributed by atoms with E-state index in [2.05, 4.69) is 24.5 Å². The van der Waals surface area contributed by atoms with Gasteiger partial charge >= 0.3 is 0 Å². The molecule has 1 saturated heterocycles. The fourth-order valence-corrected chi connectivity index (χ4v) is 2.30. The molecule has 2 nitrogen and oxygen atoms in total. The molecule has 82 valence electrons. The Morgan fingerprint density at radius 1 is 1.07 bits per heavy atom. The van der Waals surface area contributed by atoms with Gasteiger partial charge in [-0.05, 0) is 44.6 Å². The lowest BCUT2D eigenvalue weighted by molar-refractivity contribution is 0.262. The molecule has 0 amide bonds. The zero-order valence-corrected chi connectivity index (χ0v) is 9.66. The van der Waals surface area contributed by atoms with E-state index >= 15 is 0 Å². The molecule has 2 fully saturated rings. The van der Waals surface area contributed by atoms with Gasteiger partial charge in [0.05, 0.1) is 0 Å². The number of rotatable bonds is 4. The highest BCUT2D eigenvalue weighted by atomic mass is 15.0. The Labute approximate surface area is 87.8 Å². The Bertz CT molecular complexity index is 190.